The van der Waals surface area contributed by atoms with E-state index in [1.54, 1.807) is 6.07 Å². The number of nitrogens with zero attached hydrogens (tertiary/aromatic N) is 3. The molecule has 102 valence electrons. The van der Waals surface area contributed by atoms with Gasteiger partial charge in [-0.25, -0.2) is 4.39 Å². The minimum absolute atomic E-state index is 0.00447. The lowest BCUT2D eigenvalue weighted by atomic mass is 10.1. The van der Waals surface area contributed by atoms with Crippen molar-refractivity contribution in [1.29, 1.82) is 5.26 Å². The SMILES string of the molecule is N#Cc1nnc2ccccc2c1Nc1ccc(F)c(Cl)c1. The van der Waals surface area contributed by atoms with Gasteiger partial charge < -0.3 is 5.32 Å². The maximum Gasteiger partial charge on any atom is 0.187 e. The number of hydrogen-bond donors (Lipinski definition) is 1. The summed E-state index contributed by atoms with van der Waals surface area (Å²) in [5.74, 6) is -0.500. The van der Waals surface area contributed by atoms with E-state index in [1.807, 2.05) is 24.3 Å². The topological polar surface area (TPSA) is 61.6 Å². The summed E-state index contributed by atoms with van der Waals surface area (Å²) in [6.45, 7) is 0. The van der Waals surface area contributed by atoms with E-state index in [9.17, 15) is 9.65 Å². The van der Waals surface area contributed by atoms with Crippen LogP contribution in [0.3, 0.4) is 0 Å². The van der Waals surface area contributed by atoms with Crippen molar-refractivity contribution in [1.82, 2.24) is 10.2 Å². The maximum absolute atomic E-state index is 13.2. The first kappa shape index (κ1) is 13.3. The Morgan fingerprint density at radius 1 is 1.14 bits per heavy atom. The Labute approximate surface area is 124 Å². The van der Waals surface area contributed by atoms with Gasteiger partial charge in [-0.05, 0) is 24.3 Å². The number of fused-ring (bicyclic) bond motifs is 1. The predicted octanol–water partition coefficient (Wildman–Crippen LogP) is 4.04. The first-order valence-electron chi connectivity index (χ1n) is 6.06. The highest BCUT2D eigenvalue weighted by atomic mass is 35.5. The smallest absolute Gasteiger partial charge is 0.187 e. The molecule has 0 radical (unpaired) electrons. The lowest BCUT2D eigenvalue weighted by Crippen LogP contribution is -2.00. The van der Waals surface area contributed by atoms with E-state index in [0.717, 1.165) is 5.39 Å². The zero-order chi connectivity index (χ0) is 14.8. The number of halogens is 2. The molecule has 6 heteroatoms. The molecule has 0 bridgehead atoms. The fourth-order valence-corrected chi connectivity index (χ4v) is 2.16. The van der Waals surface area contributed by atoms with E-state index < -0.39 is 5.82 Å². The van der Waals surface area contributed by atoms with Gasteiger partial charge in [0.15, 0.2) is 5.69 Å². The highest BCUT2D eigenvalue weighted by Gasteiger charge is 2.11. The van der Waals surface area contributed by atoms with Gasteiger partial charge in [0.1, 0.15) is 11.9 Å². The molecule has 0 spiro atoms. The number of nitriles is 1. The van der Waals surface area contributed by atoms with Gasteiger partial charge in [0.25, 0.3) is 0 Å². The fraction of sp³-hybridized carbons (Fsp3) is 0. The normalized spacial score (nSPS) is 10.3. The van der Waals surface area contributed by atoms with Crippen LogP contribution in [0.1, 0.15) is 5.69 Å². The summed E-state index contributed by atoms with van der Waals surface area (Å²) < 4.78 is 13.2. The van der Waals surface area contributed by atoms with Crippen molar-refractivity contribution in [3.8, 4) is 6.07 Å². The molecule has 0 fully saturated rings. The Kier molecular flexibility index (Phi) is 3.38. The predicted molar refractivity (Wildman–Crippen MR) is 78.9 cm³/mol. The summed E-state index contributed by atoms with van der Waals surface area (Å²) in [6.07, 6.45) is 0. The van der Waals surface area contributed by atoms with E-state index in [4.69, 9.17) is 11.6 Å². The van der Waals surface area contributed by atoms with Gasteiger partial charge in [0.05, 0.1) is 16.2 Å². The van der Waals surface area contributed by atoms with Crippen molar-refractivity contribution < 1.29 is 4.39 Å². The van der Waals surface area contributed by atoms with Crippen LogP contribution in [0.25, 0.3) is 10.9 Å². The van der Waals surface area contributed by atoms with Crippen molar-refractivity contribution >= 4 is 33.9 Å². The molecule has 21 heavy (non-hydrogen) atoms. The number of aromatic nitrogens is 2. The van der Waals surface area contributed by atoms with Crippen molar-refractivity contribution in [2.24, 2.45) is 0 Å². The molecule has 4 nitrogen and oxygen atoms in total. The van der Waals surface area contributed by atoms with Crippen LogP contribution < -0.4 is 5.32 Å². The summed E-state index contributed by atoms with van der Waals surface area (Å²) >= 11 is 5.76. The Hall–Kier alpha value is -2.71. The molecule has 3 rings (SSSR count). The number of benzene rings is 2. The van der Waals surface area contributed by atoms with Crippen molar-refractivity contribution in [3.63, 3.8) is 0 Å². The lowest BCUT2D eigenvalue weighted by molar-refractivity contribution is 0.628. The van der Waals surface area contributed by atoms with Gasteiger partial charge in [-0.2, -0.15) is 5.26 Å². The molecule has 0 aliphatic heterocycles. The number of nitrogens with one attached hydrogen (secondary N) is 1. The largest absolute Gasteiger partial charge is 0.352 e. The first-order chi connectivity index (χ1) is 10.2. The van der Waals surface area contributed by atoms with E-state index in [2.05, 4.69) is 15.5 Å². The van der Waals surface area contributed by atoms with E-state index >= 15 is 0 Å². The number of rotatable bonds is 2. The second kappa shape index (κ2) is 5.35. The third-order valence-corrected chi connectivity index (χ3v) is 3.25. The highest BCUT2D eigenvalue weighted by Crippen LogP contribution is 2.29. The molecule has 0 atom stereocenters. The Balaban J connectivity index is 2.14. The van der Waals surface area contributed by atoms with Crippen molar-refractivity contribution in [2.75, 3.05) is 5.32 Å². The standard InChI is InChI=1S/C15H8ClFN4/c16-11-7-9(5-6-12(11)17)19-15-10-3-1-2-4-13(10)20-21-14(15)8-18/h1-7H,(H,19,20). The number of hydrogen-bond acceptors (Lipinski definition) is 4. The molecule has 0 aliphatic carbocycles. The van der Waals surface area contributed by atoms with Crippen LogP contribution in [0.15, 0.2) is 42.5 Å². The van der Waals surface area contributed by atoms with E-state index in [1.165, 1.54) is 18.2 Å². The van der Waals surface area contributed by atoms with Gasteiger partial charge in [-0.15, -0.1) is 10.2 Å². The van der Waals surface area contributed by atoms with Crippen molar-refractivity contribution in [3.05, 3.63) is 59.0 Å². The van der Waals surface area contributed by atoms with Gasteiger partial charge in [0.2, 0.25) is 0 Å². The maximum atomic E-state index is 13.2. The molecular weight excluding hydrogens is 291 g/mol. The zero-order valence-electron chi connectivity index (χ0n) is 10.6. The second-order valence-electron chi connectivity index (χ2n) is 4.31. The fourth-order valence-electron chi connectivity index (χ4n) is 1.98. The average molecular weight is 299 g/mol. The highest BCUT2D eigenvalue weighted by molar-refractivity contribution is 6.31. The van der Waals surface area contributed by atoms with Crippen molar-refractivity contribution in [2.45, 2.75) is 0 Å². The van der Waals surface area contributed by atoms with Gasteiger partial charge >= 0.3 is 0 Å². The Morgan fingerprint density at radius 2 is 1.95 bits per heavy atom. The monoisotopic (exact) mass is 298 g/mol. The average Bonchev–Trinajstić information content (AvgIpc) is 2.51. The molecule has 0 saturated carbocycles. The Morgan fingerprint density at radius 3 is 2.71 bits per heavy atom. The van der Waals surface area contributed by atoms with Crippen LogP contribution in [-0.4, -0.2) is 10.2 Å². The van der Waals surface area contributed by atoms with Crippen LogP contribution in [0.2, 0.25) is 5.02 Å². The quantitative estimate of drug-likeness (QED) is 0.775. The first-order valence-corrected chi connectivity index (χ1v) is 6.44. The minimum atomic E-state index is -0.500. The summed E-state index contributed by atoms with van der Waals surface area (Å²) in [4.78, 5) is 0. The third kappa shape index (κ3) is 2.49. The molecule has 0 amide bonds. The van der Waals surface area contributed by atoms with E-state index in [0.29, 0.717) is 16.9 Å². The molecule has 2 aromatic carbocycles. The van der Waals surface area contributed by atoms with Crippen LogP contribution >= 0.6 is 11.6 Å². The minimum Gasteiger partial charge on any atom is -0.352 e. The van der Waals surface area contributed by atoms with Gasteiger partial charge in [0, 0.05) is 11.1 Å². The molecular formula is C15H8ClFN4. The molecule has 0 saturated heterocycles. The molecule has 1 heterocycles. The molecule has 1 aromatic heterocycles. The Bertz CT molecular complexity index is 873. The van der Waals surface area contributed by atoms with E-state index in [-0.39, 0.29) is 10.7 Å². The number of anilines is 2. The van der Waals surface area contributed by atoms with Crippen LogP contribution in [0, 0.1) is 17.1 Å². The summed E-state index contributed by atoms with van der Waals surface area (Å²) in [5, 5.41) is 20.9. The second-order valence-corrected chi connectivity index (χ2v) is 4.71. The van der Waals surface area contributed by atoms with Crippen LogP contribution in [-0.2, 0) is 0 Å². The summed E-state index contributed by atoms with van der Waals surface area (Å²) in [5.41, 5.74) is 1.91. The molecule has 0 aliphatic rings. The van der Waals surface area contributed by atoms with Gasteiger partial charge in [-0.3, -0.25) is 0 Å². The lowest BCUT2D eigenvalue weighted by Gasteiger charge is -2.10. The molecule has 1 N–H and O–H groups in total. The summed E-state index contributed by atoms with van der Waals surface area (Å²) in [7, 11) is 0. The molecule has 3 aromatic rings. The zero-order valence-corrected chi connectivity index (χ0v) is 11.4. The van der Waals surface area contributed by atoms with Crippen LogP contribution in [0.5, 0.6) is 0 Å². The third-order valence-electron chi connectivity index (χ3n) is 2.96. The summed E-state index contributed by atoms with van der Waals surface area (Å²) in [6, 6.07) is 13.5. The van der Waals surface area contributed by atoms with Gasteiger partial charge in [-0.1, -0.05) is 29.8 Å². The van der Waals surface area contributed by atoms with Crippen LogP contribution in [0.4, 0.5) is 15.8 Å². The molecule has 0 unspecified atom stereocenters.